The maximum Gasteiger partial charge on any atom is 0.251 e. The van der Waals surface area contributed by atoms with E-state index in [-0.39, 0.29) is 5.91 Å². The van der Waals surface area contributed by atoms with Gasteiger partial charge in [-0.25, -0.2) is 4.98 Å². The molecule has 0 atom stereocenters. The summed E-state index contributed by atoms with van der Waals surface area (Å²) in [5.41, 5.74) is 11.8. The highest BCUT2D eigenvalue weighted by molar-refractivity contribution is 7.16. The van der Waals surface area contributed by atoms with Crippen LogP contribution in [0.4, 0.5) is 5.13 Å². The summed E-state index contributed by atoms with van der Waals surface area (Å²) in [6.45, 7) is 6.96. The van der Waals surface area contributed by atoms with Gasteiger partial charge in [0.15, 0.2) is 5.13 Å². The number of hydrogen-bond acceptors (Lipinski definition) is 5. The second-order valence-electron chi connectivity index (χ2n) is 8.59. The van der Waals surface area contributed by atoms with Crippen LogP contribution in [0.5, 0.6) is 0 Å². The lowest BCUT2D eigenvalue weighted by Gasteiger charge is -2.21. The monoisotopic (exact) mass is 484 g/mol. The second kappa shape index (κ2) is 11.8. The predicted molar refractivity (Wildman–Crippen MR) is 146 cm³/mol. The fourth-order valence-corrected chi connectivity index (χ4v) is 4.98. The zero-order valence-corrected chi connectivity index (χ0v) is 21.1. The zero-order chi connectivity index (χ0) is 24.6. The number of aromatic nitrogens is 1. The summed E-state index contributed by atoms with van der Waals surface area (Å²) >= 11 is 1.73. The Bertz CT molecular complexity index is 1250. The molecular weight excluding hydrogens is 452 g/mol. The summed E-state index contributed by atoms with van der Waals surface area (Å²) in [5.74, 6) is -0.0804. The van der Waals surface area contributed by atoms with Gasteiger partial charge >= 0.3 is 0 Å². The summed E-state index contributed by atoms with van der Waals surface area (Å²) in [6, 6.07) is 26.2. The summed E-state index contributed by atoms with van der Waals surface area (Å²) in [6.07, 6.45) is 1.03. The molecule has 4 aromatic rings. The van der Waals surface area contributed by atoms with Crippen molar-refractivity contribution in [1.82, 2.24) is 10.3 Å². The lowest BCUT2D eigenvalue weighted by Crippen LogP contribution is -2.24. The Morgan fingerprint density at radius 3 is 2.43 bits per heavy atom. The van der Waals surface area contributed by atoms with Crippen molar-refractivity contribution in [2.45, 2.75) is 39.9 Å². The molecule has 6 heteroatoms. The molecule has 0 saturated heterocycles. The summed E-state index contributed by atoms with van der Waals surface area (Å²) in [4.78, 5) is 21.2. The predicted octanol–water partition coefficient (Wildman–Crippen LogP) is 5.92. The molecule has 1 heterocycles. The lowest BCUT2D eigenvalue weighted by molar-refractivity contribution is 0.0951. The van der Waals surface area contributed by atoms with Gasteiger partial charge in [0.25, 0.3) is 5.91 Å². The second-order valence-corrected chi connectivity index (χ2v) is 9.77. The van der Waals surface area contributed by atoms with Gasteiger partial charge in [0.05, 0.1) is 5.69 Å². The Balaban J connectivity index is 1.42. The van der Waals surface area contributed by atoms with Crippen molar-refractivity contribution in [1.29, 1.82) is 0 Å². The van der Waals surface area contributed by atoms with Gasteiger partial charge < -0.3 is 16.0 Å². The number of nitrogens with two attached hydrogens (primary N) is 1. The Morgan fingerprint density at radius 2 is 1.71 bits per heavy atom. The average Bonchev–Trinajstić information content (AvgIpc) is 3.29. The SMILES string of the molecule is CCCN(Cc1ccc(C(=O)NCc2cccc(CN)c2)cc1)c1nc(-c2ccccc2)c(C)s1. The minimum Gasteiger partial charge on any atom is -0.348 e. The first-order valence-electron chi connectivity index (χ1n) is 12.0. The van der Waals surface area contributed by atoms with Crippen molar-refractivity contribution in [3.63, 3.8) is 0 Å². The average molecular weight is 485 g/mol. The summed E-state index contributed by atoms with van der Waals surface area (Å²) in [7, 11) is 0. The quantitative estimate of drug-likeness (QED) is 0.293. The minimum atomic E-state index is -0.0804. The molecule has 180 valence electrons. The number of anilines is 1. The van der Waals surface area contributed by atoms with Crippen molar-refractivity contribution in [2.24, 2.45) is 5.73 Å². The molecule has 0 spiro atoms. The van der Waals surface area contributed by atoms with Crippen molar-refractivity contribution in [3.05, 3.63) is 106 Å². The first-order valence-corrected chi connectivity index (χ1v) is 12.8. The smallest absolute Gasteiger partial charge is 0.251 e. The van der Waals surface area contributed by atoms with Crippen LogP contribution in [0.25, 0.3) is 11.3 Å². The number of benzene rings is 3. The third-order valence-electron chi connectivity index (χ3n) is 5.87. The Hall–Kier alpha value is -3.48. The highest BCUT2D eigenvalue weighted by Crippen LogP contribution is 2.33. The Kier molecular flexibility index (Phi) is 8.29. The number of thiazole rings is 1. The van der Waals surface area contributed by atoms with E-state index in [0.717, 1.165) is 52.6 Å². The van der Waals surface area contributed by atoms with Crippen LogP contribution in [0, 0.1) is 6.92 Å². The fourth-order valence-electron chi connectivity index (χ4n) is 4.03. The number of nitrogens with zero attached hydrogens (tertiary/aromatic N) is 2. The molecule has 0 fully saturated rings. The van der Waals surface area contributed by atoms with E-state index in [4.69, 9.17) is 10.7 Å². The molecule has 0 bridgehead atoms. The maximum atomic E-state index is 12.7. The normalized spacial score (nSPS) is 10.8. The number of aryl methyl sites for hydroxylation is 1. The van der Waals surface area contributed by atoms with Gasteiger partial charge in [-0.05, 0) is 42.2 Å². The van der Waals surface area contributed by atoms with Crippen molar-refractivity contribution >= 4 is 22.4 Å². The molecule has 0 aliphatic carbocycles. The molecular formula is C29H32N4OS. The number of hydrogen-bond donors (Lipinski definition) is 2. The van der Waals surface area contributed by atoms with E-state index in [0.29, 0.717) is 18.7 Å². The van der Waals surface area contributed by atoms with Crippen LogP contribution in [0.15, 0.2) is 78.9 Å². The van der Waals surface area contributed by atoms with Gasteiger partial charge in [0, 0.05) is 42.2 Å². The standard InChI is InChI=1S/C29H32N4OS/c1-3-16-33(29-32-27(21(2)35-29)25-10-5-4-6-11-25)20-22-12-14-26(15-13-22)28(34)31-19-24-9-7-8-23(17-24)18-30/h4-15,17H,3,16,18-20,30H2,1-2H3,(H,31,34). The molecule has 4 rings (SSSR count). The third-order valence-corrected chi connectivity index (χ3v) is 6.90. The van der Waals surface area contributed by atoms with Crippen LogP contribution in [0.1, 0.15) is 45.3 Å². The van der Waals surface area contributed by atoms with E-state index >= 15 is 0 Å². The molecule has 3 aromatic carbocycles. The van der Waals surface area contributed by atoms with Gasteiger partial charge in [-0.2, -0.15) is 0 Å². The third kappa shape index (κ3) is 6.35. The van der Waals surface area contributed by atoms with Gasteiger partial charge in [-0.3, -0.25) is 4.79 Å². The van der Waals surface area contributed by atoms with Crippen LogP contribution in [0.2, 0.25) is 0 Å². The van der Waals surface area contributed by atoms with Crippen LogP contribution in [-0.4, -0.2) is 17.4 Å². The number of nitrogens with one attached hydrogen (secondary N) is 1. The van der Waals surface area contributed by atoms with Crippen LogP contribution in [-0.2, 0) is 19.6 Å². The van der Waals surface area contributed by atoms with Crippen molar-refractivity contribution in [2.75, 3.05) is 11.4 Å². The Labute approximate surface area is 211 Å². The Morgan fingerprint density at radius 1 is 0.971 bits per heavy atom. The highest BCUT2D eigenvalue weighted by Gasteiger charge is 2.16. The largest absolute Gasteiger partial charge is 0.348 e. The van der Waals surface area contributed by atoms with Crippen molar-refractivity contribution < 1.29 is 4.79 Å². The fraction of sp³-hybridized carbons (Fsp3) is 0.241. The number of rotatable bonds is 10. The summed E-state index contributed by atoms with van der Waals surface area (Å²) in [5, 5.41) is 4.03. The molecule has 0 aliphatic rings. The number of carbonyl (C=O) groups excluding carboxylic acids is 1. The molecule has 5 nitrogen and oxygen atoms in total. The van der Waals surface area contributed by atoms with Crippen LogP contribution >= 0.6 is 11.3 Å². The van der Waals surface area contributed by atoms with Gasteiger partial charge in [0.1, 0.15) is 0 Å². The van der Waals surface area contributed by atoms with Crippen molar-refractivity contribution in [3.8, 4) is 11.3 Å². The first kappa shape index (κ1) is 24.6. The summed E-state index contributed by atoms with van der Waals surface area (Å²) < 4.78 is 0. The topological polar surface area (TPSA) is 71.2 Å². The number of amides is 1. The van der Waals surface area contributed by atoms with E-state index in [1.165, 1.54) is 4.88 Å². The van der Waals surface area contributed by atoms with E-state index in [1.54, 1.807) is 11.3 Å². The zero-order valence-electron chi connectivity index (χ0n) is 20.3. The molecule has 1 amide bonds. The first-order chi connectivity index (χ1) is 17.1. The van der Waals surface area contributed by atoms with E-state index < -0.39 is 0 Å². The molecule has 35 heavy (non-hydrogen) atoms. The van der Waals surface area contributed by atoms with Gasteiger partial charge in [-0.15, -0.1) is 11.3 Å². The highest BCUT2D eigenvalue weighted by atomic mass is 32.1. The maximum absolute atomic E-state index is 12.7. The van der Waals surface area contributed by atoms with Gasteiger partial charge in [-0.1, -0.05) is 73.7 Å². The molecule has 0 radical (unpaired) electrons. The lowest BCUT2D eigenvalue weighted by atomic mass is 10.1. The van der Waals surface area contributed by atoms with Crippen LogP contribution < -0.4 is 16.0 Å². The molecule has 1 aromatic heterocycles. The number of carbonyl (C=O) groups is 1. The van der Waals surface area contributed by atoms with Gasteiger partial charge in [0.2, 0.25) is 0 Å². The molecule has 0 saturated carbocycles. The molecule has 0 aliphatic heterocycles. The molecule has 3 N–H and O–H groups in total. The van der Waals surface area contributed by atoms with E-state index in [9.17, 15) is 4.79 Å². The minimum absolute atomic E-state index is 0.0804. The van der Waals surface area contributed by atoms with E-state index in [2.05, 4.69) is 36.2 Å². The van der Waals surface area contributed by atoms with Crippen LogP contribution in [0.3, 0.4) is 0 Å². The molecule has 0 unspecified atom stereocenters. The van der Waals surface area contributed by atoms with E-state index in [1.807, 2.05) is 66.7 Å².